The van der Waals surface area contributed by atoms with Crippen LogP contribution in [0, 0.1) is 0 Å². The van der Waals surface area contributed by atoms with Gasteiger partial charge in [-0.2, -0.15) is 0 Å². The van der Waals surface area contributed by atoms with Crippen LogP contribution in [-0.2, 0) is 0 Å². The van der Waals surface area contributed by atoms with E-state index in [1.54, 1.807) is 6.20 Å². The number of nitrogens with zero attached hydrogens (tertiary/aromatic N) is 2. The van der Waals surface area contributed by atoms with Crippen molar-refractivity contribution in [2.24, 2.45) is 5.16 Å². The van der Waals surface area contributed by atoms with Gasteiger partial charge in [0.25, 0.3) is 0 Å². The highest BCUT2D eigenvalue weighted by Gasteiger charge is 2.25. The van der Waals surface area contributed by atoms with Gasteiger partial charge in [0.1, 0.15) is 0 Å². The first-order valence-corrected chi connectivity index (χ1v) is 4.53. The quantitative estimate of drug-likeness (QED) is 0.526. The number of aromatic nitrogens is 1. The van der Waals surface area contributed by atoms with Crippen LogP contribution in [0.3, 0.4) is 0 Å². The molecule has 1 N–H and O–H groups in total. The van der Waals surface area contributed by atoms with E-state index in [2.05, 4.69) is 10.1 Å². The molecule has 0 aromatic carbocycles. The molecular weight excluding hydrogens is 164 g/mol. The first-order valence-electron chi connectivity index (χ1n) is 4.53. The Balaban J connectivity index is 2.27. The van der Waals surface area contributed by atoms with E-state index in [-0.39, 0.29) is 5.92 Å². The Labute approximate surface area is 77.1 Å². The minimum Gasteiger partial charge on any atom is -0.411 e. The number of hydrogen-bond donors (Lipinski definition) is 1. The SMILES string of the molecule is ON=C1CCCC1c1ccccn1. The third kappa shape index (κ3) is 1.54. The fourth-order valence-corrected chi connectivity index (χ4v) is 1.85. The van der Waals surface area contributed by atoms with Crippen molar-refractivity contribution in [3.8, 4) is 0 Å². The molecule has 0 amide bonds. The van der Waals surface area contributed by atoms with Gasteiger partial charge >= 0.3 is 0 Å². The third-order valence-electron chi connectivity index (χ3n) is 2.50. The Morgan fingerprint density at radius 2 is 2.38 bits per heavy atom. The predicted octanol–water partition coefficient (Wildman–Crippen LogP) is 2.18. The van der Waals surface area contributed by atoms with Crippen LogP contribution >= 0.6 is 0 Å². The van der Waals surface area contributed by atoms with E-state index >= 15 is 0 Å². The molecule has 0 saturated heterocycles. The highest BCUT2D eigenvalue weighted by Crippen LogP contribution is 2.30. The third-order valence-corrected chi connectivity index (χ3v) is 2.50. The summed E-state index contributed by atoms with van der Waals surface area (Å²) >= 11 is 0. The predicted molar refractivity (Wildman–Crippen MR) is 50.1 cm³/mol. The molecule has 1 aromatic rings. The monoisotopic (exact) mass is 176 g/mol. The van der Waals surface area contributed by atoms with Crippen molar-refractivity contribution in [2.45, 2.75) is 25.2 Å². The van der Waals surface area contributed by atoms with Gasteiger partial charge in [0, 0.05) is 17.8 Å². The van der Waals surface area contributed by atoms with Gasteiger partial charge in [-0.1, -0.05) is 11.2 Å². The molecular formula is C10H12N2O. The van der Waals surface area contributed by atoms with Gasteiger partial charge in [0.05, 0.1) is 5.71 Å². The van der Waals surface area contributed by atoms with Gasteiger partial charge in [0.2, 0.25) is 0 Å². The Bertz CT molecular complexity index is 308. The zero-order valence-corrected chi connectivity index (χ0v) is 7.35. The summed E-state index contributed by atoms with van der Waals surface area (Å²) in [7, 11) is 0. The lowest BCUT2D eigenvalue weighted by molar-refractivity contribution is 0.316. The van der Waals surface area contributed by atoms with Crippen molar-refractivity contribution >= 4 is 5.71 Å². The Hall–Kier alpha value is -1.38. The molecule has 0 aliphatic heterocycles. The summed E-state index contributed by atoms with van der Waals surface area (Å²) < 4.78 is 0. The van der Waals surface area contributed by atoms with Crippen LogP contribution < -0.4 is 0 Å². The molecule has 1 aromatic heterocycles. The molecule has 1 saturated carbocycles. The van der Waals surface area contributed by atoms with E-state index < -0.39 is 0 Å². The maximum Gasteiger partial charge on any atom is 0.0661 e. The Morgan fingerprint density at radius 1 is 1.46 bits per heavy atom. The molecule has 0 spiro atoms. The second-order valence-electron chi connectivity index (χ2n) is 3.29. The molecule has 1 atom stereocenters. The highest BCUT2D eigenvalue weighted by atomic mass is 16.4. The summed E-state index contributed by atoms with van der Waals surface area (Å²) in [5, 5.41) is 12.1. The largest absolute Gasteiger partial charge is 0.411 e. The van der Waals surface area contributed by atoms with Gasteiger partial charge in [0.15, 0.2) is 0 Å². The number of pyridine rings is 1. The molecule has 0 bridgehead atoms. The standard InChI is InChI=1S/C10H12N2O/c13-12-10-6-3-4-8(10)9-5-1-2-7-11-9/h1-2,5,7-8,13H,3-4,6H2. The molecule has 68 valence electrons. The lowest BCUT2D eigenvalue weighted by Gasteiger charge is -2.07. The maximum absolute atomic E-state index is 8.76. The fourth-order valence-electron chi connectivity index (χ4n) is 1.85. The molecule has 1 heterocycles. The molecule has 1 fully saturated rings. The van der Waals surface area contributed by atoms with Gasteiger partial charge < -0.3 is 5.21 Å². The molecule has 2 rings (SSSR count). The minimum absolute atomic E-state index is 0.242. The average molecular weight is 176 g/mol. The van der Waals surface area contributed by atoms with E-state index in [1.807, 2.05) is 18.2 Å². The normalized spacial score (nSPS) is 25.2. The topological polar surface area (TPSA) is 45.5 Å². The van der Waals surface area contributed by atoms with Crippen LogP contribution in [0.2, 0.25) is 0 Å². The summed E-state index contributed by atoms with van der Waals surface area (Å²) in [6.07, 6.45) is 4.83. The smallest absolute Gasteiger partial charge is 0.0661 e. The molecule has 3 nitrogen and oxygen atoms in total. The molecule has 1 aliphatic carbocycles. The second kappa shape index (κ2) is 3.56. The molecule has 3 heteroatoms. The fraction of sp³-hybridized carbons (Fsp3) is 0.400. The van der Waals surface area contributed by atoms with Crippen molar-refractivity contribution in [1.82, 2.24) is 4.98 Å². The lowest BCUT2D eigenvalue weighted by Crippen LogP contribution is -2.06. The van der Waals surface area contributed by atoms with Gasteiger partial charge in [-0.3, -0.25) is 4.98 Å². The van der Waals surface area contributed by atoms with Gasteiger partial charge in [-0.05, 0) is 31.4 Å². The molecule has 1 aliphatic rings. The summed E-state index contributed by atoms with van der Waals surface area (Å²) in [5.74, 6) is 0.242. The van der Waals surface area contributed by atoms with E-state index in [1.165, 1.54) is 0 Å². The van der Waals surface area contributed by atoms with Crippen LogP contribution in [-0.4, -0.2) is 15.9 Å². The van der Waals surface area contributed by atoms with Crippen molar-refractivity contribution in [3.63, 3.8) is 0 Å². The van der Waals surface area contributed by atoms with Crippen LogP contribution in [0.5, 0.6) is 0 Å². The summed E-state index contributed by atoms with van der Waals surface area (Å²) in [5.41, 5.74) is 1.89. The zero-order valence-electron chi connectivity index (χ0n) is 7.35. The number of rotatable bonds is 1. The van der Waals surface area contributed by atoms with Crippen LogP contribution in [0.4, 0.5) is 0 Å². The Morgan fingerprint density at radius 3 is 3.08 bits per heavy atom. The average Bonchev–Trinajstić information content (AvgIpc) is 2.67. The van der Waals surface area contributed by atoms with Crippen molar-refractivity contribution < 1.29 is 5.21 Å². The van der Waals surface area contributed by atoms with Crippen molar-refractivity contribution in [3.05, 3.63) is 30.1 Å². The molecule has 13 heavy (non-hydrogen) atoms. The van der Waals surface area contributed by atoms with Gasteiger partial charge in [-0.25, -0.2) is 0 Å². The molecule has 0 radical (unpaired) electrons. The zero-order chi connectivity index (χ0) is 9.10. The highest BCUT2D eigenvalue weighted by molar-refractivity contribution is 5.91. The maximum atomic E-state index is 8.76. The lowest BCUT2D eigenvalue weighted by atomic mass is 10.0. The van der Waals surface area contributed by atoms with E-state index in [9.17, 15) is 0 Å². The van der Waals surface area contributed by atoms with Crippen molar-refractivity contribution in [1.29, 1.82) is 0 Å². The summed E-state index contributed by atoms with van der Waals surface area (Å²) in [4.78, 5) is 4.27. The van der Waals surface area contributed by atoms with E-state index in [0.29, 0.717) is 0 Å². The Kier molecular flexibility index (Phi) is 2.25. The van der Waals surface area contributed by atoms with Crippen molar-refractivity contribution in [2.75, 3.05) is 0 Å². The summed E-state index contributed by atoms with van der Waals surface area (Å²) in [6, 6.07) is 5.85. The van der Waals surface area contributed by atoms with E-state index in [4.69, 9.17) is 5.21 Å². The number of hydrogen-bond acceptors (Lipinski definition) is 3. The van der Waals surface area contributed by atoms with Crippen LogP contribution in [0.25, 0.3) is 0 Å². The number of oxime groups is 1. The minimum atomic E-state index is 0.242. The van der Waals surface area contributed by atoms with E-state index in [0.717, 1.165) is 30.7 Å². The molecule has 1 unspecified atom stereocenters. The first kappa shape index (κ1) is 8.23. The first-order chi connectivity index (χ1) is 6.42. The second-order valence-corrected chi connectivity index (χ2v) is 3.29. The van der Waals surface area contributed by atoms with Gasteiger partial charge in [-0.15, -0.1) is 0 Å². The van der Waals surface area contributed by atoms with Crippen LogP contribution in [0.1, 0.15) is 30.9 Å². The van der Waals surface area contributed by atoms with Crippen LogP contribution in [0.15, 0.2) is 29.6 Å². The summed E-state index contributed by atoms with van der Waals surface area (Å²) in [6.45, 7) is 0.